The Balaban J connectivity index is 1.95. The molecule has 142 valence electrons. The number of nitrogens with zero attached hydrogens (tertiary/aromatic N) is 5. The van der Waals surface area contributed by atoms with Crippen molar-refractivity contribution in [2.45, 2.75) is 6.54 Å². The fraction of sp³-hybridized carbons (Fsp3) is 0.389. The van der Waals surface area contributed by atoms with Crippen molar-refractivity contribution in [3.63, 3.8) is 0 Å². The molecule has 1 aliphatic heterocycles. The number of ether oxygens (including phenoxy) is 1. The topological polar surface area (TPSA) is 74.3 Å². The molecule has 0 spiro atoms. The van der Waals surface area contributed by atoms with Crippen LogP contribution in [0.1, 0.15) is 5.56 Å². The minimum absolute atomic E-state index is 0.319. The van der Waals surface area contributed by atoms with Crippen molar-refractivity contribution >= 4 is 17.1 Å². The molecular formula is C18H20FN5O3. The Morgan fingerprint density at radius 2 is 1.74 bits per heavy atom. The average molecular weight is 373 g/mol. The number of aromatic nitrogens is 4. The van der Waals surface area contributed by atoms with Crippen LogP contribution in [0.25, 0.3) is 11.2 Å². The van der Waals surface area contributed by atoms with E-state index in [1.807, 2.05) is 4.90 Å². The van der Waals surface area contributed by atoms with Gasteiger partial charge in [0.1, 0.15) is 5.82 Å². The standard InChI is InChI=1S/C18H20FN5O3/c1-21-15-14(16(25)22(2)18(21)26)24(11-12-3-5-13(19)6-4-12)17(20-15)23-7-9-27-10-8-23/h3-6H,7-11H2,1-2H3. The molecule has 0 atom stereocenters. The molecule has 1 fully saturated rings. The van der Waals surface area contributed by atoms with E-state index in [1.165, 1.54) is 23.7 Å². The summed E-state index contributed by atoms with van der Waals surface area (Å²) in [6.45, 7) is 2.76. The molecule has 0 N–H and O–H groups in total. The highest BCUT2D eigenvalue weighted by atomic mass is 19.1. The Morgan fingerprint density at radius 1 is 1.07 bits per heavy atom. The molecule has 9 heteroatoms. The molecule has 0 radical (unpaired) electrons. The lowest BCUT2D eigenvalue weighted by Crippen LogP contribution is -2.38. The highest BCUT2D eigenvalue weighted by Crippen LogP contribution is 2.22. The highest BCUT2D eigenvalue weighted by molar-refractivity contribution is 5.74. The number of fused-ring (bicyclic) bond motifs is 1. The van der Waals surface area contributed by atoms with E-state index in [1.54, 1.807) is 23.7 Å². The van der Waals surface area contributed by atoms with Crippen molar-refractivity contribution < 1.29 is 9.13 Å². The molecule has 4 rings (SSSR count). The summed E-state index contributed by atoms with van der Waals surface area (Å²) in [6.07, 6.45) is 0. The number of rotatable bonds is 3. The van der Waals surface area contributed by atoms with Crippen LogP contribution in [-0.2, 0) is 25.4 Å². The van der Waals surface area contributed by atoms with Crippen LogP contribution in [0.5, 0.6) is 0 Å². The van der Waals surface area contributed by atoms with Crippen LogP contribution < -0.4 is 16.1 Å². The minimum atomic E-state index is -0.424. The summed E-state index contributed by atoms with van der Waals surface area (Å²) in [5.41, 5.74) is 0.702. The lowest BCUT2D eigenvalue weighted by atomic mass is 10.2. The summed E-state index contributed by atoms with van der Waals surface area (Å²) in [6, 6.07) is 6.13. The fourth-order valence-corrected chi connectivity index (χ4v) is 3.36. The zero-order valence-corrected chi connectivity index (χ0v) is 15.2. The maximum absolute atomic E-state index is 13.3. The van der Waals surface area contributed by atoms with Crippen LogP contribution >= 0.6 is 0 Å². The maximum Gasteiger partial charge on any atom is 0.332 e. The largest absolute Gasteiger partial charge is 0.378 e. The number of halogens is 1. The summed E-state index contributed by atoms with van der Waals surface area (Å²) >= 11 is 0. The predicted octanol–water partition coefficient (Wildman–Crippen LogP) is 0.458. The van der Waals surface area contributed by atoms with Crippen LogP contribution in [0.2, 0.25) is 0 Å². The van der Waals surface area contributed by atoms with Gasteiger partial charge in [0.2, 0.25) is 5.95 Å². The van der Waals surface area contributed by atoms with Crippen LogP contribution in [0.3, 0.4) is 0 Å². The number of morpholine rings is 1. The van der Waals surface area contributed by atoms with E-state index in [9.17, 15) is 14.0 Å². The first-order valence-electron chi connectivity index (χ1n) is 8.71. The third-order valence-electron chi connectivity index (χ3n) is 4.88. The summed E-state index contributed by atoms with van der Waals surface area (Å²) in [5, 5.41) is 0. The van der Waals surface area contributed by atoms with Gasteiger partial charge in [0, 0.05) is 27.2 Å². The summed E-state index contributed by atoms with van der Waals surface area (Å²) < 4.78 is 22.9. The van der Waals surface area contributed by atoms with E-state index in [0.717, 1.165) is 10.1 Å². The smallest absolute Gasteiger partial charge is 0.332 e. The van der Waals surface area contributed by atoms with Crippen LogP contribution in [0.4, 0.5) is 10.3 Å². The van der Waals surface area contributed by atoms with E-state index in [0.29, 0.717) is 50.0 Å². The molecular weight excluding hydrogens is 353 g/mol. The Kier molecular flexibility index (Phi) is 4.31. The van der Waals surface area contributed by atoms with Gasteiger partial charge < -0.3 is 9.64 Å². The van der Waals surface area contributed by atoms with Crippen molar-refractivity contribution in [1.29, 1.82) is 0 Å². The Hall–Kier alpha value is -2.94. The van der Waals surface area contributed by atoms with Gasteiger partial charge in [-0.3, -0.25) is 18.5 Å². The molecule has 1 saturated heterocycles. The average Bonchev–Trinajstić information content (AvgIpc) is 3.06. The van der Waals surface area contributed by atoms with E-state index < -0.39 is 11.2 Å². The van der Waals surface area contributed by atoms with Gasteiger partial charge >= 0.3 is 5.69 Å². The molecule has 2 aromatic heterocycles. The first-order chi connectivity index (χ1) is 13.0. The molecule has 3 aromatic rings. The lowest BCUT2D eigenvalue weighted by Gasteiger charge is -2.28. The number of aryl methyl sites for hydroxylation is 1. The molecule has 1 aromatic carbocycles. The SMILES string of the molecule is Cn1c(=O)c2c(nc(N3CCOCC3)n2Cc2ccc(F)cc2)n(C)c1=O. The molecule has 0 amide bonds. The normalized spacial score (nSPS) is 14.9. The molecule has 0 bridgehead atoms. The second-order valence-electron chi connectivity index (χ2n) is 6.60. The third-order valence-corrected chi connectivity index (χ3v) is 4.88. The molecule has 27 heavy (non-hydrogen) atoms. The quantitative estimate of drug-likeness (QED) is 0.667. The van der Waals surface area contributed by atoms with Gasteiger partial charge in [-0.2, -0.15) is 4.98 Å². The van der Waals surface area contributed by atoms with E-state index in [4.69, 9.17) is 4.74 Å². The maximum atomic E-state index is 13.3. The Bertz CT molecular complexity index is 1110. The highest BCUT2D eigenvalue weighted by Gasteiger charge is 2.24. The van der Waals surface area contributed by atoms with Crippen molar-refractivity contribution in [1.82, 2.24) is 18.7 Å². The first kappa shape index (κ1) is 17.5. The van der Waals surface area contributed by atoms with E-state index in [2.05, 4.69) is 4.98 Å². The number of anilines is 1. The molecule has 3 heterocycles. The summed E-state index contributed by atoms with van der Waals surface area (Å²) in [5.74, 6) is 0.289. The summed E-state index contributed by atoms with van der Waals surface area (Å²) in [7, 11) is 3.05. The molecule has 0 saturated carbocycles. The van der Waals surface area contributed by atoms with E-state index in [-0.39, 0.29) is 5.82 Å². The fourth-order valence-electron chi connectivity index (χ4n) is 3.36. The van der Waals surface area contributed by atoms with Crippen molar-refractivity contribution in [3.05, 3.63) is 56.5 Å². The number of benzene rings is 1. The monoisotopic (exact) mass is 373 g/mol. The van der Waals surface area contributed by atoms with Gasteiger partial charge in [-0.1, -0.05) is 12.1 Å². The number of imidazole rings is 1. The number of hydrogen-bond donors (Lipinski definition) is 0. The molecule has 1 aliphatic rings. The first-order valence-corrected chi connectivity index (χ1v) is 8.71. The van der Waals surface area contributed by atoms with Gasteiger partial charge in [-0.25, -0.2) is 9.18 Å². The van der Waals surface area contributed by atoms with Crippen molar-refractivity contribution in [2.75, 3.05) is 31.2 Å². The molecule has 0 unspecified atom stereocenters. The van der Waals surface area contributed by atoms with Crippen molar-refractivity contribution in [2.24, 2.45) is 14.1 Å². The van der Waals surface area contributed by atoms with Gasteiger partial charge in [-0.15, -0.1) is 0 Å². The third kappa shape index (κ3) is 2.93. The van der Waals surface area contributed by atoms with Gasteiger partial charge in [0.25, 0.3) is 5.56 Å². The summed E-state index contributed by atoms with van der Waals surface area (Å²) in [4.78, 5) is 31.8. The van der Waals surface area contributed by atoms with Gasteiger partial charge in [-0.05, 0) is 17.7 Å². The zero-order chi connectivity index (χ0) is 19.1. The van der Waals surface area contributed by atoms with Crippen LogP contribution in [0, 0.1) is 5.82 Å². The van der Waals surface area contributed by atoms with Crippen LogP contribution in [0.15, 0.2) is 33.9 Å². The van der Waals surface area contributed by atoms with Gasteiger partial charge in [0.05, 0.1) is 19.8 Å². The minimum Gasteiger partial charge on any atom is -0.378 e. The zero-order valence-electron chi connectivity index (χ0n) is 15.2. The predicted molar refractivity (Wildman–Crippen MR) is 98.7 cm³/mol. The number of hydrogen-bond acceptors (Lipinski definition) is 5. The second-order valence-corrected chi connectivity index (χ2v) is 6.60. The molecule has 0 aliphatic carbocycles. The molecule has 8 nitrogen and oxygen atoms in total. The van der Waals surface area contributed by atoms with Gasteiger partial charge in [0.15, 0.2) is 11.2 Å². The Morgan fingerprint density at radius 3 is 2.41 bits per heavy atom. The van der Waals surface area contributed by atoms with Crippen molar-refractivity contribution in [3.8, 4) is 0 Å². The second kappa shape index (κ2) is 6.66. The Labute approximate surface area is 154 Å². The van der Waals surface area contributed by atoms with E-state index >= 15 is 0 Å². The lowest BCUT2D eigenvalue weighted by molar-refractivity contribution is 0.121. The van der Waals surface area contributed by atoms with Crippen LogP contribution in [-0.4, -0.2) is 45.0 Å².